The summed E-state index contributed by atoms with van der Waals surface area (Å²) in [6.45, 7) is 8.15. The standard InChI is InChI=1S/C27H30N4O3/c1-16-7-9-21(10-8-16)31-27-26(19(4)30-31)17(2)24(18(3)28-27)11-12-25(32)29-20-13-22(33-5)15-23(14-20)34-6/h7-10,13-15H,11-12H2,1-6H3,(H,29,32). The number of hydrogen-bond donors (Lipinski definition) is 1. The second-order valence-electron chi connectivity index (χ2n) is 8.48. The molecule has 1 N–H and O–H groups in total. The number of nitrogens with zero attached hydrogens (tertiary/aromatic N) is 3. The van der Waals surface area contributed by atoms with Crippen LogP contribution in [-0.2, 0) is 11.2 Å². The van der Waals surface area contributed by atoms with Crippen LogP contribution in [0.15, 0.2) is 42.5 Å². The van der Waals surface area contributed by atoms with Crippen molar-refractivity contribution in [2.75, 3.05) is 19.5 Å². The second-order valence-corrected chi connectivity index (χ2v) is 8.48. The van der Waals surface area contributed by atoms with Crippen LogP contribution in [0, 0.1) is 27.7 Å². The lowest BCUT2D eigenvalue weighted by molar-refractivity contribution is -0.116. The number of methoxy groups -OCH3 is 2. The number of aromatic nitrogens is 3. The Morgan fingerprint density at radius 3 is 2.21 bits per heavy atom. The van der Waals surface area contributed by atoms with Crippen molar-refractivity contribution in [2.45, 2.75) is 40.5 Å². The van der Waals surface area contributed by atoms with Crippen molar-refractivity contribution < 1.29 is 14.3 Å². The first kappa shape index (κ1) is 23.3. The van der Waals surface area contributed by atoms with Gasteiger partial charge in [0.2, 0.25) is 5.91 Å². The maximum atomic E-state index is 12.7. The number of anilines is 1. The second kappa shape index (κ2) is 9.55. The molecule has 4 aromatic rings. The molecule has 4 rings (SSSR count). The molecule has 1 amide bonds. The highest BCUT2D eigenvalue weighted by Crippen LogP contribution is 2.29. The van der Waals surface area contributed by atoms with E-state index in [4.69, 9.17) is 19.6 Å². The quantitative estimate of drug-likeness (QED) is 0.410. The van der Waals surface area contributed by atoms with Crippen molar-refractivity contribution in [2.24, 2.45) is 0 Å². The molecule has 0 saturated heterocycles. The van der Waals surface area contributed by atoms with Crippen molar-refractivity contribution in [1.82, 2.24) is 14.8 Å². The van der Waals surface area contributed by atoms with E-state index in [0.717, 1.165) is 39.2 Å². The molecule has 2 heterocycles. The maximum Gasteiger partial charge on any atom is 0.224 e. The summed E-state index contributed by atoms with van der Waals surface area (Å²) in [6, 6.07) is 13.6. The van der Waals surface area contributed by atoms with Crippen LogP contribution in [0.5, 0.6) is 11.5 Å². The first-order valence-corrected chi connectivity index (χ1v) is 11.3. The Kier molecular flexibility index (Phi) is 6.54. The highest BCUT2D eigenvalue weighted by Gasteiger charge is 2.18. The Hall–Kier alpha value is -3.87. The van der Waals surface area contributed by atoms with Gasteiger partial charge in [0.05, 0.1) is 25.6 Å². The molecular weight excluding hydrogens is 428 g/mol. The molecule has 176 valence electrons. The van der Waals surface area contributed by atoms with Crippen molar-refractivity contribution in [3.63, 3.8) is 0 Å². The Labute approximate surface area is 199 Å². The first-order chi connectivity index (χ1) is 16.3. The number of aryl methyl sites for hydroxylation is 4. The van der Waals surface area contributed by atoms with E-state index in [1.807, 2.05) is 18.5 Å². The molecule has 0 fully saturated rings. The molecule has 0 radical (unpaired) electrons. The molecule has 2 aromatic carbocycles. The maximum absolute atomic E-state index is 12.7. The summed E-state index contributed by atoms with van der Waals surface area (Å²) in [5.74, 6) is 1.16. The highest BCUT2D eigenvalue weighted by molar-refractivity contribution is 5.91. The summed E-state index contributed by atoms with van der Waals surface area (Å²) in [6.07, 6.45) is 0.919. The zero-order valence-corrected chi connectivity index (χ0v) is 20.5. The van der Waals surface area contributed by atoms with Crippen LogP contribution in [0.25, 0.3) is 16.7 Å². The van der Waals surface area contributed by atoms with Gasteiger partial charge in [0, 0.05) is 41.4 Å². The lowest BCUT2D eigenvalue weighted by Gasteiger charge is -2.13. The lowest BCUT2D eigenvalue weighted by atomic mass is 9.99. The number of benzene rings is 2. The van der Waals surface area contributed by atoms with E-state index in [-0.39, 0.29) is 5.91 Å². The normalized spacial score (nSPS) is 11.0. The van der Waals surface area contributed by atoms with Crippen LogP contribution in [0.4, 0.5) is 5.69 Å². The monoisotopic (exact) mass is 458 g/mol. The molecule has 0 aliphatic heterocycles. The molecule has 0 aliphatic rings. The molecule has 7 heteroatoms. The number of pyridine rings is 1. The van der Waals surface area contributed by atoms with E-state index in [1.54, 1.807) is 32.4 Å². The van der Waals surface area contributed by atoms with Crippen LogP contribution in [0.3, 0.4) is 0 Å². The third kappa shape index (κ3) is 4.59. The fraction of sp³-hybridized carbons (Fsp3) is 0.296. The van der Waals surface area contributed by atoms with E-state index >= 15 is 0 Å². The van der Waals surface area contributed by atoms with Crippen LogP contribution in [0.2, 0.25) is 0 Å². The van der Waals surface area contributed by atoms with Crippen LogP contribution >= 0.6 is 0 Å². The van der Waals surface area contributed by atoms with Crippen molar-refractivity contribution >= 4 is 22.6 Å². The van der Waals surface area contributed by atoms with E-state index < -0.39 is 0 Å². The fourth-order valence-electron chi connectivity index (χ4n) is 4.28. The molecule has 34 heavy (non-hydrogen) atoms. The van der Waals surface area contributed by atoms with Gasteiger partial charge in [-0.2, -0.15) is 5.10 Å². The first-order valence-electron chi connectivity index (χ1n) is 11.3. The third-order valence-corrected chi connectivity index (χ3v) is 6.09. The molecule has 0 spiro atoms. The Morgan fingerprint density at radius 2 is 1.59 bits per heavy atom. The van der Waals surface area contributed by atoms with Crippen LogP contribution < -0.4 is 14.8 Å². The van der Waals surface area contributed by atoms with Crippen molar-refractivity contribution in [3.05, 3.63) is 70.5 Å². The molecule has 0 unspecified atom stereocenters. The lowest BCUT2D eigenvalue weighted by Crippen LogP contribution is -2.13. The molecule has 7 nitrogen and oxygen atoms in total. The summed E-state index contributed by atoms with van der Waals surface area (Å²) in [5, 5.41) is 8.75. The topological polar surface area (TPSA) is 78.3 Å². The van der Waals surface area contributed by atoms with E-state index in [2.05, 4.69) is 43.4 Å². The van der Waals surface area contributed by atoms with Gasteiger partial charge in [-0.1, -0.05) is 17.7 Å². The van der Waals surface area contributed by atoms with Gasteiger partial charge in [-0.25, -0.2) is 9.67 Å². The summed E-state index contributed by atoms with van der Waals surface area (Å²) in [7, 11) is 3.16. The van der Waals surface area contributed by atoms with E-state index in [0.29, 0.717) is 30.0 Å². The number of ether oxygens (including phenoxy) is 2. The Balaban J connectivity index is 1.58. The number of amides is 1. The Bertz CT molecular complexity index is 1330. The minimum Gasteiger partial charge on any atom is -0.497 e. The average molecular weight is 459 g/mol. The third-order valence-electron chi connectivity index (χ3n) is 6.09. The van der Waals surface area contributed by atoms with Gasteiger partial charge < -0.3 is 14.8 Å². The molecule has 0 saturated carbocycles. The molecule has 0 atom stereocenters. The molecule has 2 aromatic heterocycles. The number of hydrogen-bond acceptors (Lipinski definition) is 5. The number of carbonyl (C=O) groups excluding carboxylic acids is 1. The van der Waals surface area contributed by atoms with E-state index in [9.17, 15) is 4.79 Å². The molecule has 0 aliphatic carbocycles. The van der Waals surface area contributed by atoms with Gasteiger partial charge in [-0.05, 0) is 57.4 Å². The molecule has 0 bridgehead atoms. The number of nitrogens with one attached hydrogen (secondary N) is 1. The summed E-state index contributed by atoms with van der Waals surface area (Å²) in [4.78, 5) is 17.6. The molecular formula is C27H30N4O3. The van der Waals surface area contributed by atoms with Gasteiger partial charge in [-0.3, -0.25) is 4.79 Å². The van der Waals surface area contributed by atoms with Gasteiger partial charge in [0.25, 0.3) is 0 Å². The zero-order valence-electron chi connectivity index (χ0n) is 20.5. The summed E-state index contributed by atoms with van der Waals surface area (Å²) >= 11 is 0. The number of carbonyl (C=O) groups is 1. The van der Waals surface area contributed by atoms with Crippen LogP contribution in [-0.4, -0.2) is 34.9 Å². The minimum atomic E-state index is -0.0822. The van der Waals surface area contributed by atoms with Gasteiger partial charge >= 0.3 is 0 Å². The van der Waals surface area contributed by atoms with E-state index in [1.165, 1.54) is 5.56 Å². The summed E-state index contributed by atoms with van der Waals surface area (Å²) in [5.41, 5.74) is 7.70. The fourth-order valence-corrected chi connectivity index (χ4v) is 4.28. The predicted molar refractivity (Wildman–Crippen MR) is 134 cm³/mol. The Morgan fingerprint density at radius 1 is 0.941 bits per heavy atom. The smallest absolute Gasteiger partial charge is 0.224 e. The zero-order chi connectivity index (χ0) is 24.4. The highest BCUT2D eigenvalue weighted by atomic mass is 16.5. The minimum absolute atomic E-state index is 0.0822. The van der Waals surface area contributed by atoms with Gasteiger partial charge in [0.1, 0.15) is 11.5 Å². The van der Waals surface area contributed by atoms with Crippen molar-refractivity contribution in [3.8, 4) is 17.2 Å². The van der Waals surface area contributed by atoms with Crippen molar-refractivity contribution in [1.29, 1.82) is 0 Å². The average Bonchev–Trinajstić information content (AvgIpc) is 3.14. The number of rotatable bonds is 7. The SMILES string of the molecule is COc1cc(NC(=O)CCc2c(C)nc3c(c(C)nn3-c3ccc(C)cc3)c2C)cc(OC)c1. The predicted octanol–water partition coefficient (Wildman–Crippen LogP) is 5.24. The van der Waals surface area contributed by atoms with Gasteiger partial charge in [0.15, 0.2) is 5.65 Å². The number of fused-ring (bicyclic) bond motifs is 1. The summed E-state index contributed by atoms with van der Waals surface area (Å²) < 4.78 is 12.5. The van der Waals surface area contributed by atoms with Crippen LogP contribution in [0.1, 0.15) is 34.5 Å². The van der Waals surface area contributed by atoms with Gasteiger partial charge in [-0.15, -0.1) is 0 Å². The largest absolute Gasteiger partial charge is 0.497 e.